The van der Waals surface area contributed by atoms with Crippen LogP contribution in [0.25, 0.3) is 0 Å². The quantitative estimate of drug-likeness (QED) is 0.525. The van der Waals surface area contributed by atoms with E-state index in [1.54, 1.807) is 24.3 Å². The van der Waals surface area contributed by atoms with E-state index in [0.717, 1.165) is 11.0 Å². The van der Waals surface area contributed by atoms with Crippen molar-refractivity contribution in [3.05, 3.63) is 47.5 Å². The molecule has 0 fully saturated rings. The molecule has 0 unspecified atom stereocenters. The van der Waals surface area contributed by atoms with Gasteiger partial charge in [-0.3, -0.25) is 4.79 Å². The van der Waals surface area contributed by atoms with Crippen LogP contribution >= 0.6 is 0 Å². The zero-order valence-corrected chi connectivity index (χ0v) is 12.3. The summed E-state index contributed by atoms with van der Waals surface area (Å²) in [5.41, 5.74) is 1.82. The third-order valence-corrected chi connectivity index (χ3v) is 3.34. The van der Waals surface area contributed by atoms with Crippen molar-refractivity contribution in [3.63, 3.8) is 0 Å². The van der Waals surface area contributed by atoms with Gasteiger partial charge in [-0.05, 0) is 35.3 Å². The number of esters is 1. The van der Waals surface area contributed by atoms with Gasteiger partial charge < -0.3 is 19.2 Å². The Labute approximate surface area is 133 Å². The highest BCUT2D eigenvalue weighted by Crippen LogP contribution is 2.29. The van der Waals surface area contributed by atoms with E-state index in [9.17, 15) is 9.82 Å². The van der Waals surface area contributed by atoms with Crippen LogP contribution in [0.3, 0.4) is 0 Å². The number of rotatable bonds is 3. The standard InChI is InChI=1S/C16H12BNO5/c1-10(19)22-16-7-14(3-2-11(16)8-18)23-13-4-5-15-12(6-13)9-21-17(15)20/h2-7,20H,9H2,1H3. The molecule has 2 aromatic rings. The van der Waals surface area contributed by atoms with Gasteiger partial charge in [0.15, 0.2) is 5.75 Å². The number of carbonyl (C=O) groups excluding carboxylic acids is 1. The molecule has 7 heteroatoms. The van der Waals surface area contributed by atoms with E-state index < -0.39 is 13.1 Å². The molecule has 0 saturated carbocycles. The fourth-order valence-electron chi connectivity index (χ4n) is 2.30. The molecule has 0 saturated heterocycles. The van der Waals surface area contributed by atoms with Gasteiger partial charge in [0, 0.05) is 13.0 Å². The van der Waals surface area contributed by atoms with Gasteiger partial charge in [-0.15, -0.1) is 0 Å². The Hall–Kier alpha value is -2.82. The predicted molar refractivity (Wildman–Crippen MR) is 81.4 cm³/mol. The van der Waals surface area contributed by atoms with Crippen LogP contribution in [-0.2, 0) is 16.1 Å². The first-order valence-corrected chi connectivity index (χ1v) is 6.90. The summed E-state index contributed by atoms with van der Waals surface area (Å²) in [7, 11) is -0.899. The fourth-order valence-corrected chi connectivity index (χ4v) is 2.30. The molecular formula is C16H12BNO5. The fraction of sp³-hybridized carbons (Fsp3) is 0.125. The largest absolute Gasteiger partial charge is 0.491 e. The van der Waals surface area contributed by atoms with Crippen LogP contribution in [0.2, 0.25) is 0 Å². The summed E-state index contributed by atoms with van der Waals surface area (Å²) in [6, 6.07) is 11.8. The summed E-state index contributed by atoms with van der Waals surface area (Å²) in [6.07, 6.45) is 0. The van der Waals surface area contributed by atoms with Crippen LogP contribution in [0.4, 0.5) is 0 Å². The van der Waals surface area contributed by atoms with E-state index in [1.807, 2.05) is 6.07 Å². The Morgan fingerprint density at radius 2 is 2.04 bits per heavy atom. The van der Waals surface area contributed by atoms with Gasteiger partial charge in [0.1, 0.15) is 17.6 Å². The van der Waals surface area contributed by atoms with Crippen molar-refractivity contribution in [1.29, 1.82) is 5.26 Å². The van der Waals surface area contributed by atoms with E-state index in [2.05, 4.69) is 0 Å². The molecule has 0 spiro atoms. The van der Waals surface area contributed by atoms with Gasteiger partial charge in [-0.25, -0.2) is 0 Å². The molecule has 1 aliphatic rings. The maximum Gasteiger partial charge on any atom is 0.491 e. The van der Waals surface area contributed by atoms with Crippen molar-refractivity contribution >= 4 is 18.6 Å². The van der Waals surface area contributed by atoms with Gasteiger partial charge >= 0.3 is 13.1 Å². The van der Waals surface area contributed by atoms with E-state index in [1.165, 1.54) is 19.1 Å². The maximum atomic E-state index is 11.1. The molecule has 0 radical (unpaired) electrons. The number of hydrogen-bond acceptors (Lipinski definition) is 6. The van der Waals surface area contributed by atoms with Gasteiger partial charge in [-0.2, -0.15) is 5.26 Å². The van der Waals surface area contributed by atoms with Gasteiger partial charge in [0.25, 0.3) is 0 Å². The Morgan fingerprint density at radius 3 is 2.78 bits per heavy atom. The second-order valence-corrected chi connectivity index (χ2v) is 4.99. The summed E-state index contributed by atoms with van der Waals surface area (Å²) in [6.45, 7) is 1.58. The van der Waals surface area contributed by atoms with Gasteiger partial charge in [0.2, 0.25) is 0 Å². The first kappa shape index (κ1) is 15.1. The number of nitrogens with zero attached hydrogens (tertiary/aromatic N) is 1. The van der Waals surface area contributed by atoms with Crippen molar-refractivity contribution in [1.82, 2.24) is 0 Å². The average Bonchev–Trinajstić information content (AvgIpc) is 2.88. The first-order chi connectivity index (χ1) is 11.1. The summed E-state index contributed by atoms with van der Waals surface area (Å²) in [4.78, 5) is 11.1. The Bertz CT molecular complexity index is 815. The molecule has 2 aromatic carbocycles. The second kappa shape index (κ2) is 6.12. The normalized spacial score (nSPS) is 12.5. The Balaban J connectivity index is 1.86. The van der Waals surface area contributed by atoms with Crippen LogP contribution in [0.15, 0.2) is 36.4 Å². The third kappa shape index (κ3) is 3.18. The maximum absolute atomic E-state index is 11.1. The molecule has 0 amide bonds. The highest BCUT2D eigenvalue weighted by atomic mass is 16.5. The van der Waals surface area contributed by atoms with E-state index in [4.69, 9.17) is 19.4 Å². The minimum absolute atomic E-state index is 0.150. The number of hydrogen-bond donors (Lipinski definition) is 1. The van der Waals surface area contributed by atoms with Crippen molar-refractivity contribution in [2.24, 2.45) is 0 Å². The number of carbonyl (C=O) groups is 1. The molecule has 0 aromatic heterocycles. The molecule has 0 aliphatic carbocycles. The summed E-state index contributed by atoms with van der Waals surface area (Å²) >= 11 is 0. The zero-order chi connectivity index (χ0) is 16.4. The van der Waals surface area contributed by atoms with Gasteiger partial charge in [-0.1, -0.05) is 6.07 Å². The van der Waals surface area contributed by atoms with Crippen LogP contribution in [0.1, 0.15) is 18.1 Å². The van der Waals surface area contributed by atoms with E-state index in [-0.39, 0.29) is 11.3 Å². The topological polar surface area (TPSA) is 88.8 Å². The minimum atomic E-state index is -0.899. The minimum Gasteiger partial charge on any atom is -0.457 e. The van der Waals surface area contributed by atoms with Crippen LogP contribution in [0, 0.1) is 11.3 Å². The van der Waals surface area contributed by atoms with Gasteiger partial charge in [0.05, 0.1) is 12.2 Å². The highest BCUT2D eigenvalue weighted by Gasteiger charge is 2.27. The SMILES string of the molecule is CC(=O)Oc1cc(Oc2ccc3c(c2)COB3O)ccc1C#N. The predicted octanol–water partition coefficient (Wildman–Crippen LogP) is 1.49. The number of nitriles is 1. The smallest absolute Gasteiger partial charge is 0.457 e. The molecular weight excluding hydrogens is 297 g/mol. The number of ether oxygens (including phenoxy) is 2. The van der Waals surface area contributed by atoms with Crippen LogP contribution in [0.5, 0.6) is 17.2 Å². The lowest BCUT2D eigenvalue weighted by atomic mass is 9.80. The highest BCUT2D eigenvalue weighted by molar-refractivity contribution is 6.61. The lowest BCUT2D eigenvalue weighted by Gasteiger charge is -2.10. The summed E-state index contributed by atoms with van der Waals surface area (Å²) < 4.78 is 15.9. The number of fused-ring (bicyclic) bond motifs is 1. The first-order valence-electron chi connectivity index (χ1n) is 6.90. The van der Waals surface area contributed by atoms with E-state index in [0.29, 0.717) is 18.1 Å². The number of benzene rings is 2. The summed E-state index contributed by atoms with van der Waals surface area (Å²) in [5.74, 6) is 0.624. The third-order valence-electron chi connectivity index (χ3n) is 3.34. The van der Waals surface area contributed by atoms with Crippen molar-refractivity contribution < 1.29 is 23.9 Å². The van der Waals surface area contributed by atoms with Crippen LogP contribution < -0.4 is 14.9 Å². The molecule has 3 rings (SSSR count). The van der Waals surface area contributed by atoms with Crippen molar-refractivity contribution in [2.75, 3.05) is 0 Å². The Kier molecular flexibility index (Phi) is 4.02. The van der Waals surface area contributed by atoms with E-state index >= 15 is 0 Å². The summed E-state index contributed by atoms with van der Waals surface area (Å²) in [5, 5.41) is 18.6. The zero-order valence-electron chi connectivity index (χ0n) is 12.3. The van der Waals surface area contributed by atoms with Crippen LogP contribution in [-0.4, -0.2) is 18.1 Å². The second-order valence-electron chi connectivity index (χ2n) is 4.99. The molecule has 0 bridgehead atoms. The van der Waals surface area contributed by atoms with Crippen molar-refractivity contribution in [3.8, 4) is 23.3 Å². The monoisotopic (exact) mass is 309 g/mol. The Morgan fingerprint density at radius 1 is 1.30 bits per heavy atom. The molecule has 1 aliphatic heterocycles. The molecule has 23 heavy (non-hydrogen) atoms. The molecule has 6 nitrogen and oxygen atoms in total. The molecule has 0 atom stereocenters. The molecule has 1 N–H and O–H groups in total. The lowest BCUT2D eigenvalue weighted by Crippen LogP contribution is -2.27. The average molecular weight is 309 g/mol. The van der Waals surface area contributed by atoms with Crippen molar-refractivity contribution in [2.45, 2.75) is 13.5 Å². The molecule has 114 valence electrons. The lowest BCUT2D eigenvalue weighted by molar-refractivity contribution is -0.131. The molecule has 1 heterocycles.